The molecule has 0 bridgehead atoms. The number of hydrogen-bond donors (Lipinski definition) is 1. The quantitative estimate of drug-likeness (QED) is 0.876. The summed E-state index contributed by atoms with van der Waals surface area (Å²) in [4.78, 5) is 12.3. The second kappa shape index (κ2) is 4.90. The van der Waals surface area contributed by atoms with Crippen LogP contribution in [0.15, 0.2) is 52.2 Å². The Morgan fingerprint density at radius 3 is 2.79 bits per heavy atom. The molecule has 4 nitrogen and oxygen atoms in total. The van der Waals surface area contributed by atoms with Crippen molar-refractivity contribution >= 4 is 23.1 Å². The number of Topliss-reactive ketones (excluding diaryl/α,β-unsaturated/α-hetero) is 1. The van der Waals surface area contributed by atoms with Crippen molar-refractivity contribution in [3.63, 3.8) is 0 Å². The highest BCUT2D eigenvalue weighted by atomic mass is 35.5. The smallest absolute Gasteiger partial charge is 0.244 e. The third-order valence-electron chi connectivity index (χ3n) is 3.07. The predicted octanol–water partition coefficient (Wildman–Crippen LogP) is 2.86. The second-order valence-electron chi connectivity index (χ2n) is 4.27. The van der Waals surface area contributed by atoms with E-state index in [9.17, 15) is 4.79 Å². The van der Waals surface area contributed by atoms with Crippen LogP contribution in [0.3, 0.4) is 0 Å². The second-order valence-corrected chi connectivity index (χ2v) is 4.71. The first-order valence-corrected chi connectivity index (χ1v) is 6.27. The molecule has 3 rings (SSSR count). The van der Waals surface area contributed by atoms with E-state index in [-0.39, 0.29) is 11.7 Å². The predicted molar refractivity (Wildman–Crippen MR) is 72.7 cm³/mol. The van der Waals surface area contributed by atoms with Gasteiger partial charge in [0, 0.05) is 11.6 Å². The van der Waals surface area contributed by atoms with Crippen molar-refractivity contribution in [1.29, 1.82) is 0 Å². The van der Waals surface area contributed by atoms with Crippen molar-refractivity contribution in [2.75, 3.05) is 6.54 Å². The highest BCUT2D eigenvalue weighted by Gasteiger charge is 2.30. The van der Waals surface area contributed by atoms with Crippen molar-refractivity contribution in [3.05, 3.63) is 59.0 Å². The molecule has 1 aromatic carbocycles. The number of hydrazone groups is 1. The van der Waals surface area contributed by atoms with Crippen LogP contribution in [0, 0.1) is 0 Å². The van der Waals surface area contributed by atoms with E-state index in [1.54, 1.807) is 12.1 Å². The maximum Gasteiger partial charge on any atom is 0.244 e. The molecule has 0 amide bonds. The molecule has 0 aliphatic carbocycles. The van der Waals surface area contributed by atoms with Gasteiger partial charge in [0.15, 0.2) is 5.76 Å². The molecule has 1 N–H and O–H groups in total. The molecule has 1 atom stereocenters. The molecular formula is C14H11ClN2O2. The summed E-state index contributed by atoms with van der Waals surface area (Å²) < 4.78 is 5.13. The van der Waals surface area contributed by atoms with Gasteiger partial charge in [0.2, 0.25) is 5.78 Å². The number of carbonyl (C=O) groups excluding carboxylic acids is 1. The standard InChI is InChI=1S/C14H11ClN2O2/c15-10-5-3-9(4-6-10)11-8-16-17-13(11)14(18)12-2-1-7-19-12/h1-7,11,16H,8H2. The lowest BCUT2D eigenvalue weighted by Crippen LogP contribution is -2.21. The zero-order valence-electron chi connectivity index (χ0n) is 9.97. The van der Waals surface area contributed by atoms with E-state index in [0.717, 1.165) is 5.56 Å². The summed E-state index contributed by atoms with van der Waals surface area (Å²) in [5.74, 6) is 0.0474. The number of nitrogens with zero attached hydrogens (tertiary/aromatic N) is 1. The van der Waals surface area contributed by atoms with E-state index in [0.29, 0.717) is 23.0 Å². The molecule has 1 aliphatic rings. The van der Waals surface area contributed by atoms with Crippen LogP contribution in [-0.2, 0) is 0 Å². The Labute approximate surface area is 115 Å². The molecule has 5 heteroatoms. The Morgan fingerprint density at radius 2 is 2.11 bits per heavy atom. The van der Waals surface area contributed by atoms with E-state index in [2.05, 4.69) is 10.5 Å². The zero-order chi connectivity index (χ0) is 13.2. The van der Waals surface area contributed by atoms with Crippen molar-refractivity contribution in [3.8, 4) is 0 Å². The number of hydrogen-bond acceptors (Lipinski definition) is 4. The maximum atomic E-state index is 12.3. The van der Waals surface area contributed by atoms with Crippen molar-refractivity contribution in [2.24, 2.45) is 5.10 Å². The summed E-state index contributed by atoms with van der Waals surface area (Å²) in [6, 6.07) is 10.8. The normalized spacial score (nSPS) is 17.9. The number of rotatable bonds is 3. The molecular weight excluding hydrogens is 264 g/mol. The molecule has 1 aliphatic heterocycles. The number of carbonyl (C=O) groups is 1. The van der Waals surface area contributed by atoms with Gasteiger partial charge in [-0.1, -0.05) is 23.7 Å². The Kier molecular flexibility index (Phi) is 3.09. The van der Waals surface area contributed by atoms with Crippen LogP contribution >= 0.6 is 11.6 Å². The summed E-state index contributed by atoms with van der Waals surface area (Å²) in [6.07, 6.45) is 1.48. The summed E-state index contributed by atoms with van der Waals surface area (Å²) in [6.45, 7) is 0.601. The van der Waals surface area contributed by atoms with Gasteiger partial charge in [-0.3, -0.25) is 4.79 Å². The Hall–Kier alpha value is -2.07. The number of furan rings is 1. The number of halogens is 1. The van der Waals surface area contributed by atoms with Crippen LogP contribution < -0.4 is 5.43 Å². The average molecular weight is 275 g/mol. The van der Waals surface area contributed by atoms with Crippen molar-refractivity contribution < 1.29 is 9.21 Å². The number of benzene rings is 1. The van der Waals surface area contributed by atoms with Gasteiger partial charge in [0.05, 0.1) is 12.2 Å². The van der Waals surface area contributed by atoms with Gasteiger partial charge in [-0.2, -0.15) is 5.10 Å². The Bertz CT molecular complexity index is 617. The monoisotopic (exact) mass is 274 g/mol. The van der Waals surface area contributed by atoms with Gasteiger partial charge in [-0.25, -0.2) is 0 Å². The summed E-state index contributed by atoms with van der Waals surface area (Å²) in [5.41, 5.74) is 4.35. The average Bonchev–Trinajstić information content (AvgIpc) is 3.10. The van der Waals surface area contributed by atoms with E-state index in [1.165, 1.54) is 6.26 Å². The first-order valence-electron chi connectivity index (χ1n) is 5.90. The molecule has 2 heterocycles. The van der Waals surface area contributed by atoms with E-state index in [1.807, 2.05) is 24.3 Å². The van der Waals surface area contributed by atoms with Crippen LogP contribution in [-0.4, -0.2) is 18.0 Å². The lowest BCUT2D eigenvalue weighted by atomic mass is 9.92. The molecule has 1 aromatic heterocycles. The van der Waals surface area contributed by atoms with Gasteiger partial charge in [-0.05, 0) is 29.8 Å². The molecule has 0 saturated carbocycles. The van der Waals surface area contributed by atoms with Crippen LogP contribution in [0.4, 0.5) is 0 Å². The van der Waals surface area contributed by atoms with Gasteiger partial charge in [0.25, 0.3) is 0 Å². The van der Waals surface area contributed by atoms with Gasteiger partial charge >= 0.3 is 0 Å². The van der Waals surface area contributed by atoms with E-state index < -0.39 is 0 Å². The minimum absolute atomic E-state index is 0.0742. The lowest BCUT2D eigenvalue weighted by Gasteiger charge is -2.10. The van der Waals surface area contributed by atoms with E-state index in [4.69, 9.17) is 16.0 Å². The largest absolute Gasteiger partial charge is 0.461 e. The third kappa shape index (κ3) is 2.27. The molecule has 0 fully saturated rings. The molecule has 2 aromatic rings. The van der Waals surface area contributed by atoms with Crippen LogP contribution in [0.1, 0.15) is 22.0 Å². The Balaban J connectivity index is 1.89. The first-order chi connectivity index (χ1) is 9.25. The highest BCUT2D eigenvalue weighted by molar-refractivity contribution is 6.47. The van der Waals surface area contributed by atoms with Crippen molar-refractivity contribution in [2.45, 2.75) is 5.92 Å². The summed E-state index contributed by atoms with van der Waals surface area (Å²) in [5, 5.41) is 4.77. The SMILES string of the molecule is O=C(C1=NNCC1c1ccc(Cl)cc1)c1ccco1. The van der Waals surface area contributed by atoms with Crippen LogP contribution in [0.5, 0.6) is 0 Å². The zero-order valence-corrected chi connectivity index (χ0v) is 10.7. The fourth-order valence-corrected chi connectivity index (χ4v) is 2.24. The maximum absolute atomic E-state index is 12.3. The molecule has 0 saturated heterocycles. The number of ketones is 1. The summed E-state index contributed by atoms with van der Waals surface area (Å²) >= 11 is 5.87. The lowest BCUT2D eigenvalue weighted by molar-refractivity contribution is 0.103. The van der Waals surface area contributed by atoms with Gasteiger partial charge < -0.3 is 9.84 Å². The topological polar surface area (TPSA) is 54.6 Å². The number of nitrogens with one attached hydrogen (secondary N) is 1. The third-order valence-corrected chi connectivity index (χ3v) is 3.33. The fourth-order valence-electron chi connectivity index (χ4n) is 2.11. The Morgan fingerprint density at radius 1 is 1.32 bits per heavy atom. The van der Waals surface area contributed by atoms with Crippen LogP contribution in [0.2, 0.25) is 5.02 Å². The van der Waals surface area contributed by atoms with Crippen LogP contribution in [0.25, 0.3) is 0 Å². The minimum atomic E-state index is -0.185. The van der Waals surface area contributed by atoms with Crippen molar-refractivity contribution in [1.82, 2.24) is 5.43 Å². The molecule has 1 unspecified atom stereocenters. The highest BCUT2D eigenvalue weighted by Crippen LogP contribution is 2.24. The van der Waals surface area contributed by atoms with E-state index >= 15 is 0 Å². The fraction of sp³-hybridized carbons (Fsp3) is 0.143. The summed E-state index contributed by atoms with van der Waals surface area (Å²) in [7, 11) is 0. The van der Waals surface area contributed by atoms with Gasteiger partial charge in [-0.15, -0.1) is 0 Å². The minimum Gasteiger partial charge on any atom is -0.461 e. The molecule has 96 valence electrons. The molecule has 0 spiro atoms. The molecule has 19 heavy (non-hydrogen) atoms. The molecule has 0 radical (unpaired) electrons. The first kappa shape index (κ1) is 12.0. The van der Waals surface area contributed by atoms with Gasteiger partial charge in [0.1, 0.15) is 5.71 Å².